The minimum atomic E-state index is 0.577. The molecule has 20 heavy (non-hydrogen) atoms. The minimum absolute atomic E-state index is 0.577. The van der Waals surface area contributed by atoms with Gasteiger partial charge in [-0.2, -0.15) is 0 Å². The Hall–Kier alpha value is -1.35. The zero-order chi connectivity index (χ0) is 13.9. The molecule has 1 aliphatic rings. The van der Waals surface area contributed by atoms with E-state index in [1.807, 2.05) is 0 Å². The lowest BCUT2D eigenvalue weighted by Gasteiger charge is -2.23. The van der Waals surface area contributed by atoms with Crippen LogP contribution in [0.4, 0.5) is 0 Å². The van der Waals surface area contributed by atoms with Crippen LogP contribution in [0, 0.1) is 0 Å². The van der Waals surface area contributed by atoms with Crippen molar-refractivity contribution in [3.63, 3.8) is 0 Å². The van der Waals surface area contributed by atoms with Crippen molar-refractivity contribution in [2.24, 2.45) is 0 Å². The lowest BCUT2D eigenvalue weighted by atomic mass is 9.99. The molecule has 1 aliphatic heterocycles. The van der Waals surface area contributed by atoms with Crippen molar-refractivity contribution in [2.45, 2.75) is 52.0 Å². The summed E-state index contributed by atoms with van der Waals surface area (Å²) in [7, 11) is 0. The first-order valence-corrected chi connectivity index (χ1v) is 8.03. The highest BCUT2D eigenvalue weighted by Gasteiger charge is 2.21. The van der Waals surface area contributed by atoms with Gasteiger partial charge in [0, 0.05) is 19.0 Å². The van der Waals surface area contributed by atoms with E-state index in [1.165, 1.54) is 35.3 Å². The van der Waals surface area contributed by atoms with Crippen molar-refractivity contribution >= 4 is 11.0 Å². The van der Waals surface area contributed by atoms with E-state index in [0.717, 1.165) is 32.5 Å². The monoisotopic (exact) mass is 271 g/mol. The summed E-state index contributed by atoms with van der Waals surface area (Å²) in [6.45, 7) is 7.76. The van der Waals surface area contributed by atoms with Crippen LogP contribution in [0.1, 0.15) is 50.4 Å². The molecule has 2 heterocycles. The summed E-state index contributed by atoms with van der Waals surface area (Å²) in [4.78, 5) is 4.99. The van der Waals surface area contributed by atoms with E-state index in [0.29, 0.717) is 5.92 Å². The lowest BCUT2D eigenvalue weighted by Crippen LogP contribution is -2.30. The highest BCUT2D eigenvalue weighted by atomic mass is 15.1. The summed E-state index contributed by atoms with van der Waals surface area (Å²) in [6, 6.07) is 6.77. The molecular formula is C17H25N3. The molecule has 1 N–H and O–H groups in total. The van der Waals surface area contributed by atoms with Crippen molar-refractivity contribution in [3.05, 3.63) is 29.6 Å². The van der Waals surface area contributed by atoms with E-state index in [4.69, 9.17) is 4.98 Å². The fraction of sp³-hybridized carbons (Fsp3) is 0.588. The molecule has 3 heteroatoms. The predicted octanol–water partition coefficient (Wildman–Crippen LogP) is 3.48. The number of aromatic nitrogens is 2. The summed E-state index contributed by atoms with van der Waals surface area (Å²) in [6.07, 6.45) is 4.77. The molecule has 0 aliphatic carbocycles. The summed E-state index contributed by atoms with van der Waals surface area (Å²) < 4.78 is 2.45. The standard InChI is InChI=1S/C17H25N3/c1-3-10-20-16-8-7-13(4-2)11-15(16)19-17(20)14-6-5-9-18-12-14/h7-8,11,14,18H,3-6,9-10,12H2,1-2H3. The van der Waals surface area contributed by atoms with E-state index in [9.17, 15) is 0 Å². The zero-order valence-corrected chi connectivity index (χ0v) is 12.7. The van der Waals surface area contributed by atoms with Gasteiger partial charge < -0.3 is 9.88 Å². The molecule has 3 rings (SSSR count). The topological polar surface area (TPSA) is 29.9 Å². The molecule has 108 valence electrons. The van der Waals surface area contributed by atoms with Crippen LogP contribution in [-0.4, -0.2) is 22.6 Å². The van der Waals surface area contributed by atoms with Crippen molar-refractivity contribution < 1.29 is 0 Å². The number of nitrogens with zero attached hydrogens (tertiary/aromatic N) is 2. The Balaban J connectivity index is 2.06. The lowest BCUT2D eigenvalue weighted by molar-refractivity contribution is 0.433. The van der Waals surface area contributed by atoms with Crippen LogP contribution in [0.2, 0.25) is 0 Å². The molecule has 0 saturated carbocycles. The van der Waals surface area contributed by atoms with Gasteiger partial charge in [0.05, 0.1) is 11.0 Å². The van der Waals surface area contributed by atoms with E-state index in [-0.39, 0.29) is 0 Å². The van der Waals surface area contributed by atoms with Crippen molar-refractivity contribution in [3.8, 4) is 0 Å². The number of fused-ring (bicyclic) bond motifs is 1. The summed E-state index contributed by atoms with van der Waals surface area (Å²) in [5.74, 6) is 1.87. The van der Waals surface area contributed by atoms with E-state index >= 15 is 0 Å². The number of benzene rings is 1. The molecule has 1 fully saturated rings. The molecule has 2 aromatic rings. The second-order valence-electron chi connectivity index (χ2n) is 5.84. The van der Waals surface area contributed by atoms with Gasteiger partial charge in [0.15, 0.2) is 0 Å². The molecule has 0 amide bonds. The van der Waals surface area contributed by atoms with Gasteiger partial charge in [-0.1, -0.05) is 19.9 Å². The third kappa shape index (κ3) is 2.47. The maximum absolute atomic E-state index is 4.99. The van der Waals surface area contributed by atoms with Crippen molar-refractivity contribution in [1.82, 2.24) is 14.9 Å². The van der Waals surface area contributed by atoms with Crippen LogP contribution in [0.25, 0.3) is 11.0 Å². The predicted molar refractivity (Wildman–Crippen MR) is 84.2 cm³/mol. The summed E-state index contributed by atoms with van der Waals surface area (Å²) >= 11 is 0. The molecule has 0 bridgehead atoms. The fourth-order valence-electron chi connectivity index (χ4n) is 3.26. The first kappa shape index (κ1) is 13.6. The van der Waals surface area contributed by atoms with Gasteiger partial charge in [-0.15, -0.1) is 0 Å². The van der Waals surface area contributed by atoms with Gasteiger partial charge in [-0.3, -0.25) is 0 Å². The number of nitrogens with one attached hydrogen (secondary N) is 1. The quantitative estimate of drug-likeness (QED) is 0.922. The Kier molecular flexibility index (Phi) is 4.06. The number of rotatable bonds is 4. The Morgan fingerprint density at radius 2 is 2.25 bits per heavy atom. The SMILES string of the molecule is CCCn1c(C2CCCNC2)nc2cc(CC)ccc21. The highest BCUT2D eigenvalue weighted by molar-refractivity contribution is 5.77. The van der Waals surface area contributed by atoms with Gasteiger partial charge in [0.25, 0.3) is 0 Å². The summed E-state index contributed by atoms with van der Waals surface area (Å²) in [5.41, 5.74) is 3.87. The van der Waals surface area contributed by atoms with Gasteiger partial charge in [-0.05, 0) is 49.9 Å². The van der Waals surface area contributed by atoms with Gasteiger partial charge in [-0.25, -0.2) is 4.98 Å². The molecule has 1 saturated heterocycles. The highest BCUT2D eigenvalue weighted by Crippen LogP contribution is 2.27. The van der Waals surface area contributed by atoms with E-state index < -0.39 is 0 Å². The third-order valence-corrected chi connectivity index (χ3v) is 4.36. The summed E-state index contributed by atoms with van der Waals surface area (Å²) in [5, 5.41) is 3.52. The Labute approximate surface area is 121 Å². The first-order valence-electron chi connectivity index (χ1n) is 8.03. The molecule has 1 aromatic carbocycles. The molecule has 1 unspecified atom stereocenters. The Morgan fingerprint density at radius 1 is 1.35 bits per heavy atom. The van der Waals surface area contributed by atoms with Crippen LogP contribution in [-0.2, 0) is 13.0 Å². The van der Waals surface area contributed by atoms with Crippen LogP contribution in [0.5, 0.6) is 0 Å². The molecule has 1 aromatic heterocycles. The average Bonchev–Trinajstić information content (AvgIpc) is 2.86. The Morgan fingerprint density at radius 3 is 2.95 bits per heavy atom. The van der Waals surface area contributed by atoms with Gasteiger partial charge >= 0.3 is 0 Å². The van der Waals surface area contributed by atoms with Gasteiger partial charge in [0.2, 0.25) is 0 Å². The molecular weight excluding hydrogens is 246 g/mol. The molecule has 3 nitrogen and oxygen atoms in total. The smallest absolute Gasteiger partial charge is 0.114 e. The van der Waals surface area contributed by atoms with Crippen molar-refractivity contribution in [1.29, 1.82) is 0 Å². The second-order valence-corrected chi connectivity index (χ2v) is 5.84. The molecule has 1 atom stereocenters. The third-order valence-electron chi connectivity index (χ3n) is 4.36. The maximum Gasteiger partial charge on any atom is 0.114 e. The largest absolute Gasteiger partial charge is 0.328 e. The Bertz CT molecular complexity index is 579. The van der Waals surface area contributed by atoms with E-state index in [2.05, 4.69) is 41.9 Å². The normalized spacial score (nSPS) is 19.6. The number of hydrogen-bond donors (Lipinski definition) is 1. The number of aryl methyl sites for hydroxylation is 2. The number of imidazole rings is 1. The molecule has 0 radical (unpaired) electrons. The zero-order valence-electron chi connectivity index (χ0n) is 12.7. The fourth-order valence-corrected chi connectivity index (χ4v) is 3.26. The number of piperidine rings is 1. The number of hydrogen-bond acceptors (Lipinski definition) is 2. The second kappa shape index (κ2) is 5.96. The maximum atomic E-state index is 4.99. The van der Waals surface area contributed by atoms with Crippen LogP contribution in [0.3, 0.4) is 0 Å². The van der Waals surface area contributed by atoms with Crippen LogP contribution >= 0.6 is 0 Å². The van der Waals surface area contributed by atoms with Crippen LogP contribution < -0.4 is 5.32 Å². The minimum Gasteiger partial charge on any atom is -0.328 e. The van der Waals surface area contributed by atoms with E-state index in [1.54, 1.807) is 0 Å². The van der Waals surface area contributed by atoms with Gasteiger partial charge in [0.1, 0.15) is 5.82 Å². The average molecular weight is 271 g/mol. The van der Waals surface area contributed by atoms with Crippen molar-refractivity contribution in [2.75, 3.05) is 13.1 Å². The molecule has 0 spiro atoms. The van der Waals surface area contributed by atoms with Crippen LogP contribution in [0.15, 0.2) is 18.2 Å². The first-order chi connectivity index (χ1) is 9.83.